The highest BCUT2D eigenvalue weighted by atomic mass is 16.5. The molecular formula is C30H39N3O4. The summed E-state index contributed by atoms with van der Waals surface area (Å²) in [7, 11) is 0. The van der Waals surface area contributed by atoms with Gasteiger partial charge in [0.25, 0.3) is 0 Å². The SMILES string of the molecule is Cc1ccc(NC(=O)C2[C@H]3C=CC4(O3)C(C(=O)NC3CCCCC3)N(C3CCCCC3)C(=O)[C@@H]24)cc1C. The number of amides is 3. The Morgan fingerprint density at radius 2 is 1.65 bits per heavy atom. The quantitative estimate of drug-likeness (QED) is 0.588. The smallest absolute Gasteiger partial charge is 0.246 e. The summed E-state index contributed by atoms with van der Waals surface area (Å²) in [6, 6.07) is 5.27. The molecule has 7 heteroatoms. The predicted molar refractivity (Wildman–Crippen MR) is 141 cm³/mol. The van der Waals surface area contributed by atoms with Crippen molar-refractivity contribution < 1.29 is 19.1 Å². The zero-order valence-electron chi connectivity index (χ0n) is 22.0. The third kappa shape index (κ3) is 4.10. The van der Waals surface area contributed by atoms with Gasteiger partial charge in [-0.2, -0.15) is 0 Å². The third-order valence-corrected chi connectivity index (χ3v) is 9.56. The maximum absolute atomic E-state index is 14.2. The Morgan fingerprint density at radius 3 is 2.35 bits per heavy atom. The van der Waals surface area contributed by atoms with Crippen molar-refractivity contribution >= 4 is 23.4 Å². The van der Waals surface area contributed by atoms with Gasteiger partial charge >= 0.3 is 0 Å². The standard InChI is InChI=1S/C30H39N3O4/c1-18-13-14-21(17-19(18)2)32-27(34)24-23-15-16-30(37-23)25(24)29(36)33(22-11-7-4-8-12-22)26(30)28(35)31-20-9-5-3-6-10-20/h13-17,20,22-26H,3-12H2,1-2H3,(H,31,35)(H,32,34)/t23-,24?,25-,26?,30?/m1/s1. The zero-order chi connectivity index (χ0) is 25.7. The van der Waals surface area contributed by atoms with Crippen molar-refractivity contribution in [3.8, 4) is 0 Å². The predicted octanol–water partition coefficient (Wildman–Crippen LogP) is 4.17. The van der Waals surface area contributed by atoms with Crippen LogP contribution in [0.25, 0.3) is 0 Å². The van der Waals surface area contributed by atoms with Crippen LogP contribution in [-0.2, 0) is 19.1 Å². The molecule has 1 aromatic carbocycles. The molecule has 0 aromatic heterocycles. The molecule has 2 N–H and O–H groups in total. The summed E-state index contributed by atoms with van der Waals surface area (Å²) >= 11 is 0. The van der Waals surface area contributed by atoms with E-state index in [0.717, 1.165) is 74.6 Å². The van der Waals surface area contributed by atoms with Gasteiger partial charge in [0.05, 0.1) is 17.9 Å². The molecule has 2 saturated heterocycles. The van der Waals surface area contributed by atoms with Gasteiger partial charge in [0.1, 0.15) is 11.6 Å². The molecule has 2 saturated carbocycles. The number of likely N-dealkylation sites (tertiary alicyclic amines) is 1. The number of carbonyl (C=O) groups is 3. The van der Waals surface area contributed by atoms with Crippen LogP contribution in [0.2, 0.25) is 0 Å². The summed E-state index contributed by atoms with van der Waals surface area (Å²) in [5.41, 5.74) is 1.89. The van der Waals surface area contributed by atoms with E-state index in [1.165, 1.54) is 6.42 Å². The van der Waals surface area contributed by atoms with Gasteiger partial charge in [0, 0.05) is 17.8 Å². The molecule has 1 spiro atoms. The van der Waals surface area contributed by atoms with Crippen molar-refractivity contribution in [3.05, 3.63) is 41.5 Å². The molecule has 1 aromatic rings. The van der Waals surface area contributed by atoms with Gasteiger partial charge in [-0.3, -0.25) is 14.4 Å². The van der Waals surface area contributed by atoms with Crippen LogP contribution in [0.5, 0.6) is 0 Å². The first-order valence-electron chi connectivity index (χ1n) is 14.3. The molecule has 0 radical (unpaired) electrons. The largest absolute Gasteiger partial charge is 0.359 e. The summed E-state index contributed by atoms with van der Waals surface area (Å²) in [5.74, 6) is -1.76. The van der Waals surface area contributed by atoms with E-state index in [1.807, 2.05) is 49.1 Å². The molecule has 3 amide bonds. The average Bonchev–Trinajstić information content (AvgIpc) is 3.54. The zero-order valence-corrected chi connectivity index (χ0v) is 22.0. The van der Waals surface area contributed by atoms with Crippen LogP contribution >= 0.6 is 0 Å². The van der Waals surface area contributed by atoms with Crippen LogP contribution in [0.1, 0.15) is 75.3 Å². The number of ether oxygens (including phenoxy) is 1. The molecule has 3 heterocycles. The van der Waals surface area contributed by atoms with E-state index in [2.05, 4.69) is 10.6 Å². The molecule has 2 aliphatic carbocycles. The first kappa shape index (κ1) is 24.7. The van der Waals surface area contributed by atoms with Gasteiger partial charge in [-0.15, -0.1) is 0 Å². The van der Waals surface area contributed by atoms with Gasteiger partial charge in [-0.25, -0.2) is 0 Å². The number of aryl methyl sites for hydroxylation is 2. The molecular weight excluding hydrogens is 466 g/mol. The summed E-state index contributed by atoms with van der Waals surface area (Å²) in [6.07, 6.45) is 13.8. The number of hydrogen-bond acceptors (Lipinski definition) is 4. The Balaban J connectivity index is 1.31. The number of hydrogen-bond donors (Lipinski definition) is 2. The topological polar surface area (TPSA) is 87.7 Å². The Hall–Kier alpha value is -2.67. The normalized spacial score (nSPS) is 33.6. The number of anilines is 1. The summed E-state index contributed by atoms with van der Waals surface area (Å²) in [6.45, 7) is 4.05. The second-order valence-corrected chi connectivity index (χ2v) is 11.9. The van der Waals surface area contributed by atoms with E-state index < -0.39 is 29.6 Å². The van der Waals surface area contributed by atoms with Gasteiger partial charge in [-0.1, -0.05) is 56.7 Å². The highest BCUT2D eigenvalue weighted by molar-refractivity contribution is 6.03. The summed E-state index contributed by atoms with van der Waals surface area (Å²) < 4.78 is 6.52. The monoisotopic (exact) mass is 505 g/mol. The molecule has 37 heavy (non-hydrogen) atoms. The Bertz CT molecular complexity index is 1120. The summed E-state index contributed by atoms with van der Waals surface area (Å²) in [5, 5.41) is 6.34. The lowest BCUT2D eigenvalue weighted by Crippen LogP contribution is -2.58. The van der Waals surface area contributed by atoms with Crippen molar-refractivity contribution in [3.63, 3.8) is 0 Å². The van der Waals surface area contributed by atoms with Gasteiger partial charge < -0.3 is 20.3 Å². The molecule has 6 rings (SSSR count). The highest BCUT2D eigenvalue weighted by Crippen LogP contribution is 2.56. The fourth-order valence-corrected chi connectivity index (χ4v) is 7.53. The van der Waals surface area contributed by atoms with Crippen molar-refractivity contribution in [1.29, 1.82) is 0 Å². The molecule has 7 nitrogen and oxygen atoms in total. The number of fused-ring (bicyclic) bond motifs is 1. The molecule has 4 fully saturated rings. The molecule has 5 atom stereocenters. The van der Waals surface area contributed by atoms with Crippen LogP contribution in [-0.4, -0.2) is 52.5 Å². The number of nitrogens with one attached hydrogen (secondary N) is 2. The number of rotatable bonds is 5. The van der Waals surface area contributed by atoms with Crippen molar-refractivity contribution in [2.24, 2.45) is 11.8 Å². The second-order valence-electron chi connectivity index (χ2n) is 11.9. The fraction of sp³-hybridized carbons (Fsp3) is 0.633. The van der Waals surface area contributed by atoms with Crippen LogP contribution in [0, 0.1) is 25.7 Å². The minimum atomic E-state index is -1.08. The molecule has 5 aliphatic rings. The summed E-state index contributed by atoms with van der Waals surface area (Å²) in [4.78, 5) is 43.7. The molecule has 3 unspecified atom stereocenters. The van der Waals surface area contributed by atoms with Gasteiger partial charge in [0.2, 0.25) is 17.7 Å². The molecule has 198 valence electrons. The molecule has 3 aliphatic heterocycles. The Morgan fingerprint density at radius 1 is 0.946 bits per heavy atom. The van der Waals surface area contributed by atoms with E-state index in [1.54, 1.807) is 0 Å². The second kappa shape index (κ2) is 9.57. The first-order chi connectivity index (χ1) is 17.9. The van der Waals surface area contributed by atoms with Crippen molar-refractivity contribution in [2.45, 2.75) is 108 Å². The maximum Gasteiger partial charge on any atom is 0.246 e. The van der Waals surface area contributed by atoms with Crippen LogP contribution in [0.15, 0.2) is 30.4 Å². The number of carbonyl (C=O) groups excluding carboxylic acids is 3. The van der Waals surface area contributed by atoms with Crippen molar-refractivity contribution in [2.75, 3.05) is 5.32 Å². The van der Waals surface area contributed by atoms with E-state index in [-0.39, 0.29) is 29.8 Å². The van der Waals surface area contributed by atoms with Crippen LogP contribution in [0.3, 0.4) is 0 Å². The average molecular weight is 506 g/mol. The number of benzene rings is 1. The fourth-order valence-electron chi connectivity index (χ4n) is 7.53. The van der Waals surface area contributed by atoms with E-state index in [9.17, 15) is 14.4 Å². The Kier molecular flexibility index (Phi) is 6.38. The van der Waals surface area contributed by atoms with Crippen molar-refractivity contribution in [1.82, 2.24) is 10.2 Å². The van der Waals surface area contributed by atoms with Crippen LogP contribution < -0.4 is 10.6 Å². The highest BCUT2D eigenvalue weighted by Gasteiger charge is 2.73. The minimum absolute atomic E-state index is 0.0165. The first-order valence-corrected chi connectivity index (χ1v) is 14.3. The number of nitrogens with zero attached hydrogens (tertiary/aromatic N) is 1. The maximum atomic E-state index is 14.2. The van der Waals surface area contributed by atoms with Crippen LogP contribution in [0.4, 0.5) is 5.69 Å². The van der Waals surface area contributed by atoms with E-state index in [4.69, 9.17) is 4.74 Å². The third-order valence-electron chi connectivity index (χ3n) is 9.56. The Labute approximate surface area is 219 Å². The lowest BCUT2D eigenvalue weighted by Gasteiger charge is -2.39. The molecule has 2 bridgehead atoms. The van der Waals surface area contributed by atoms with E-state index in [0.29, 0.717) is 0 Å². The van der Waals surface area contributed by atoms with Gasteiger partial charge in [-0.05, 0) is 62.8 Å². The van der Waals surface area contributed by atoms with E-state index >= 15 is 0 Å². The lowest BCUT2D eigenvalue weighted by molar-refractivity contribution is -0.144. The lowest BCUT2D eigenvalue weighted by atomic mass is 9.74. The van der Waals surface area contributed by atoms with Gasteiger partial charge in [0.15, 0.2) is 0 Å². The minimum Gasteiger partial charge on any atom is -0.359 e.